The maximum atomic E-state index is 12.4. The van der Waals surface area contributed by atoms with Crippen molar-refractivity contribution in [2.75, 3.05) is 0 Å². The molecule has 0 spiro atoms. The maximum absolute atomic E-state index is 12.4. The standard InChI is InChI=1S/C19H19ClF2O3/c1-19(2,13-6-8-14(20)9-7-13)16(17(23)24)11-12-4-3-5-15(10-12)25-18(21)22/h3-10,16,18H,11H2,1-2H3,(H,23,24). The predicted octanol–water partition coefficient (Wildman–Crippen LogP) is 5.16. The fourth-order valence-electron chi connectivity index (χ4n) is 2.82. The summed E-state index contributed by atoms with van der Waals surface area (Å²) < 4.78 is 29.1. The number of aliphatic carboxylic acids is 1. The number of hydrogen-bond acceptors (Lipinski definition) is 2. The van der Waals surface area contributed by atoms with Crippen LogP contribution < -0.4 is 4.74 Å². The molecule has 0 saturated heterocycles. The molecule has 134 valence electrons. The van der Waals surface area contributed by atoms with Crippen molar-refractivity contribution in [3.8, 4) is 5.75 Å². The minimum atomic E-state index is -2.92. The van der Waals surface area contributed by atoms with Gasteiger partial charge in [-0.15, -0.1) is 0 Å². The van der Waals surface area contributed by atoms with Crippen molar-refractivity contribution in [3.05, 3.63) is 64.7 Å². The van der Waals surface area contributed by atoms with E-state index in [1.165, 1.54) is 12.1 Å². The van der Waals surface area contributed by atoms with E-state index in [1.54, 1.807) is 36.4 Å². The van der Waals surface area contributed by atoms with Crippen LogP contribution in [0.3, 0.4) is 0 Å². The summed E-state index contributed by atoms with van der Waals surface area (Å²) >= 11 is 5.90. The Morgan fingerprint density at radius 1 is 1.20 bits per heavy atom. The SMILES string of the molecule is CC(C)(c1ccc(Cl)cc1)C(Cc1cccc(OC(F)F)c1)C(=O)O. The van der Waals surface area contributed by atoms with Gasteiger partial charge in [-0.3, -0.25) is 4.79 Å². The maximum Gasteiger partial charge on any atom is 0.387 e. The van der Waals surface area contributed by atoms with Crippen LogP contribution in [0.15, 0.2) is 48.5 Å². The van der Waals surface area contributed by atoms with Gasteiger partial charge >= 0.3 is 12.6 Å². The zero-order valence-electron chi connectivity index (χ0n) is 13.9. The minimum Gasteiger partial charge on any atom is -0.481 e. The van der Waals surface area contributed by atoms with Crippen molar-refractivity contribution in [1.82, 2.24) is 0 Å². The number of rotatable bonds is 7. The summed E-state index contributed by atoms with van der Waals surface area (Å²) in [6, 6.07) is 13.2. The van der Waals surface area contributed by atoms with Crippen LogP contribution in [0.25, 0.3) is 0 Å². The van der Waals surface area contributed by atoms with Gasteiger partial charge in [0.1, 0.15) is 5.75 Å². The smallest absolute Gasteiger partial charge is 0.387 e. The van der Waals surface area contributed by atoms with E-state index in [4.69, 9.17) is 11.6 Å². The highest BCUT2D eigenvalue weighted by Gasteiger charge is 2.36. The van der Waals surface area contributed by atoms with Crippen molar-refractivity contribution in [2.24, 2.45) is 5.92 Å². The summed E-state index contributed by atoms with van der Waals surface area (Å²) in [6.45, 7) is 0.763. The molecule has 1 atom stereocenters. The largest absolute Gasteiger partial charge is 0.481 e. The highest BCUT2D eigenvalue weighted by molar-refractivity contribution is 6.30. The summed E-state index contributed by atoms with van der Waals surface area (Å²) in [6.07, 6.45) is 0.186. The quantitative estimate of drug-likeness (QED) is 0.734. The summed E-state index contributed by atoms with van der Waals surface area (Å²) in [4.78, 5) is 11.9. The average molecular weight is 369 g/mol. The number of benzene rings is 2. The first kappa shape index (κ1) is 19.2. The molecule has 1 N–H and O–H groups in total. The third-order valence-corrected chi connectivity index (χ3v) is 4.57. The Morgan fingerprint density at radius 2 is 1.84 bits per heavy atom. The van der Waals surface area contributed by atoms with Gasteiger partial charge in [-0.25, -0.2) is 0 Å². The van der Waals surface area contributed by atoms with Gasteiger partial charge < -0.3 is 9.84 Å². The van der Waals surface area contributed by atoms with Gasteiger partial charge in [0.25, 0.3) is 0 Å². The summed E-state index contributed by atoms with van der Waals surface area (Å²) in [5, 5.41) is 10.3. The second kappa shape index (κ2) is 7.83. The molecule has 0 heterocycles. The van der Waals surface area contributed by atoms with Crippen LogP contribution in [0.2, 0.25) is 5.02 Å². The second-order valence-electron chi connectivity index (χ2n) is 6.35. The Morgan fingerprint density at radius 3 is 2.40 bits per heavy atom. The number of alkyl halides is 2. The molecule has 2 aromatic rings. The van der Waals surface area contributed by atoms with Crippen LogP contribution in [-0.2, 0) is 16.6 Å². The van der Waals surface area contributed by atoms with E-state index in [2.05, 4.69) is 4.74 Å². The molecule has 0 aliphatic carbocycles. The topological polar surface area (TPSA) is 46.5 Å². The number of halogens is 3. The van der Waals surface area contributed by atoms with Gasteiger partial charge in [0.2, 0.25) is 0 Å². The molecule has 0 aliphatic heterocycles. The van der Waals surface area contributed by atoms with Crippen LogP contribution in [0.5, 0.6) is 5.75 Å². The van der Waals surface area contributed by atoms with Gasteiger partial charge in [-0.2, -0.15) is 8.78 Å². The van der Waals surface area contributed by atoms with Gasteiger partial charge in [0.15, 0.2) is 0 Å². The first-order chi connectivity index (χ1) is 11.7. The van der Waals surface area contributed by atoms with E-state index >= 15 is 0 Å². The highest BCUT2D eigenvalue weighted by Crippen LogP contribution is 2.35. The van der Waals surface area contributed by atoms with Gasteiger partial charge in [-0.05, 0) is 41.8 Å². The molecule has 0 aromatic heterocycles. The van der Waals surface area contributed by atoms with E-state index in [9.17, 15) is 18.7 Å². The van der Waals surface area contributed by atoms with E-state index in [1.807, 2.05) is 13.8 Å². The lowest BCUT2D eigenvalue weighted by Gasteiger charge is -2.32. The number of hydrogen-bond donors (Lipinski definition) is 1. The number of carboxylic acid groups (broad SMARTS) is 1. The van der Waals surface area contributed by atoms with Crippen molar-refractivity contribution < 1.29 is 23.4 Å². The lowest BCUT2D eigenvalue weighted by atomic mass is 9.71. The van der Waals surface area contributed by atoms with Crippen molar-refractivity contribution in [3.63, 3.8) is 0 Å². The zero-order chi connectivity index (χ0) is 18.6. The molecular formula is C19H19ClF2O3. The van der Waals surface area contributed by atoms with E-state index in [0.29, 0.717) is 10.6 Å². The molecule has 6 heteroatoms. The Labute approximate surface area is 150 Å². The molecule has 0 bridgehead atoms. The first-order valence-electron chi connectivity index (χ1n) is 7.72. The summed E-state index contributed by atoms with van der Waals surface area (Å²) in [7, 11) is 0. The predicted molar refractivity (Wildman–Crippen MR) is 92.4 cm³/mol. The Kier molecular flexibility index (Phi) is 6.01. The lowest BCUT2D eigenvalue weighted by Crippen LogP contribution is -2.36. The molecule has 0 aliphatic rings. The molecule has 0 amide bonds. The molecular weight excluding hydrogens is 350 g/mol. The van der Waals surface area contributed by atoms with Crippen LogP contribution >= 0.6 is 11.6 Å². The fraction of sp³-hybridized carbons (Fsp3) is 0.316. The van der Waals surface area contributed by atoms with E-state index < -0.39 is 23.9 Å². The molecule has 1 unspecified atom stereocenters. The van der Waals surface area contributed by atoms with Crippen molar-refractivity contribution in [2.45, 2.75) is 32.3 Å². The Bertz CT molecular complexity index is 730. The molecule has 0 fully saturated rings. The normalized spacial score (nSPS) is 12.9. The Hall–Kier alpha value is -2.14. The van der Waals surface area contributed by atoms with Gasteiger partial charge in [0, 0.05) is 10.4 Å². The molecule has 2 aromatic carbocycles. The van der Waals surface area contributed by atoms with Crippen LogP contribution in [-0.4, -0.2) is 17.7 Å². The monoisotopic (exact) mass is 368 g/mol. The average Bonchev–Trinajstić information content (AvgIpc) is 2.52. The van der Waals surface area contributed by atoms with E-state index in [0.717, 1.165) is 5.56 Å². The Balaban J connectivity index is 2.29. The molecule has 3 nitrogen and oxygen atoms in total. The second-order valence-corrected chi connectivity index (χ2v) is 6.79. The van der Waals surface area contributed by atoms with Crippen molar-refractivity contribution >= 4 is 17.6 Å². The minimum absolute atomic E-state index is 0.0148. The van der Waals surface area contributed by atoms with Crippen LogP contribution in [0.4, 0.5) is 8.78 Å². The fourth-order valence-corrected chi connectivity index (χ4v) is 2.94. The van der Waals surface area contributed by atoms with Gasteiger partial charge in [0.05, 0.1) is 5.92 Å². The highest BCUT2D eigenvalue weighted by atomic mass is 35.5. The lowest BCUT2D eigenvalue weighted by molar-refractivity contribution is -0.144. The number of carbonyl (C=O) groups is 1. The molecule has 2 rings (SSSR count). The zero-order valence-corrected chi connectivity index (χ0v) is 14.6. The number of carboxylic acids is 1. The van der Waals surface area contributed by atoms with E-state index in [-0.39, 0.29) is 12.2 Å². The molecule has 25 heavy (non-hydrogen) atoms. The molecule has 0 radical (unpaired) electrons. The van der Waals surface area contributed by atoms with Crippen molar-refractivity contribution in [1.29, 1.82) is 0 Å². The summed E-state index contributed by atoms with van der Waals surface area (Å²) in [5.41, 5.74) is 0.771. The molecule has 0 saturated carbocycles. The first-order valence-corrected chi connectivity index (χ1v) is 8.10. The van der Waals surface area contributed by atoms with Crippen LogP contribution in [0, 0.1) is 5.92 Å². The third kappa shape index (κ3) is 4.92. The summed E-state index contributed by atoms with van der Waals surface area (Å²) in [5.74, 6) is -1.70. The van der Waals surface area contributed by atoms with Gasteiger partial charge in [-0.1, -0.05) is 49.7 Å². The third-order valence-electron chi connectivity index (χ3n) is 4.32. The number of ether oxygens (including phenoxy) is 1. The van der Waals surface area contributed by atoms with Crippen LogP contribution in [0.1, 0.15) is 25.0 Å².